The van der Waals surface area contributed by atoms with E-state index in [0.717, 1.165) is 0 Å². The molecule has 6 heteroatoms. The third kappa shape index (κ3) is 5.99. The van der Waals surface area contributed by atoms with Crippen molar-refractivity contribution in [1.29, 1.82) is 0 Å². The number of hydrogen-bond donors (Lipinski definition) is 1. The minimum absolute atomic E-state index is 0.00920. The van der Waals surface area contributed by atoms with Crippen LogP contribution in [0.25, 0.3) is 0 Å². The lowest BCUT2D eigenvalue weighted by Gasteiger charge is -2.33. The van der Waals surface area contributed by atoms with Gasteiger partial charge in [0, 0.05) is 19.1 Å². The maximum Gasteiger partial charge on any atom is 0.412 e. The molecule has 2 aromatic rings. The fourth-order valence-electron chi connectivity index (χ4n) is 3.48. The number of ether oxygens (including phenoxy) is 2. The summed E-state index contributed by atoms with van der Waals surface area (Å²) in [7, 11) is 0. The highest BCUT2D eigenvalue weighted by atomic mass is 16.6. The number of nitrogens with one attached hydrogen (secondary N) is 1. The van der Waals surface area contributed by atoms with E-state index in [1.807, 2.05) is 42.5 Å². The standard InChI is InChI=1S/C24H30N2O4/c1-17(2)19-9-11-22(12-10-19)29-18(3)23(27)26-15-13-20(14-16-26)25-24(28)30-21-7-5-4-6-8-21/h4-12,17-18,20H,13-16H2,1-3H3,(H,25,28). The molecule has 1 fully saturated rings. The van der Waals surface area contributed by atoms with Crippen molar-refractivity contribution in [2.24, 2.45) is 0 Å². The largest absolute Gasteiger partial charge is 0.481 e. The summed E-state index contributed by atoms with van der Waals surface area (Å²) in [6.07, 6.45) is 0.353. The molecule has 1 N–H and O–H groups in total. The number of para-hydroxylation sites is 1. The number of piperidine rings is 1. The van der Waals surface area contributed by atoms with Gasteiger partial charge in [0.05, 0.1) is 0 Å². The topological polar surface area (TPSA) is 67.9 Å². The van der Waals surface area contributed by atoms with Crippen LogP contribution in [0.2, 0.25) is 0 Å². The van der Waals surface area contributed by atoms with Crippen molar-refractivity contribution in [3.8, 4) is 11.5 Å². The molecule has 30 heavy (non-hydrogen) atoms. The number of amides is 2. The first kappa shape index (κ1) is 21.7. The van der Waals surface area contributed by atoms with Gasteiger partial charge in [-0.15, -0.1) is 0 Å². The molecule has 0 bridgehead atoms. The van der Waals surface area contributed by atoms with Gasteiger partial charge in [-0.25, -0.2) is 4.79 Å². The quantitative estimate of drug-likeness (QED) is 0.768. The molecule has 160 valence electrons. The predicted molar refractivity (Wildman–Crippen MR) is 116 cm³/mol. The molecule has 1 saturated heterocycles. The SMILES string of the molecule is CC(Oc1ccc(C(C)C)cc1)C(=O)N1CCC(NC(=O)Oc2ccccc2)CC1. The average molecular weight is 411 g/mol. The molecule has 2 aromatic carbocycles. The normalized spacial score (nSPS) is 15.5. The number of benzene rings is 2. The Morgan fingerprint density at radius 3 is 2.17 bits per heavy atom. The van der Waals surface area contributed by atoms with Gasteiger partial charge in [-0.2, -0.15) is 0 Å². The lowest BCUT2D eigenvalue weighted by atomic mass is 10.0. The predicted octanol–water partition coefficient (Wildman–Crippen LogP) is 4.36. The number of hydrogen-bond acceptors (Lipinski definition) is 4. The third-order valence-electron chi connectivity index (χ3n) is 5.29. The van der Waals surface area contributed by atoms with E-state index in [9.17, 15) is 9.59 Å². The van der Waals surface area contributed by atoms with E-state index in [2.05, 4.69) is 19.2 Å². The minimum atomic E-state index is -0.553. The Morgan fingerprint density at radius 1 is 0.933 bits per heavy atom. The highest BCUT2D eigenvalue weighted by Gasteiger charge is 2.28. The molecule has 1 atom stereocenters. The van der Waals surface area contributed by atoms with E-state index in [1.165, 1.54) is 5.56 Å². The Labute approximate surface area is 178 Å². The van der Waals surface area contributed by atoms with Crippen LogP contribution in [0.1, 0.15) is 45.1 Å². The maximum absolute atomic E-state index is 12.7. The Hall–Kier alpha value is -3.02. The van der Waals surface area contributed by atoms with Gasteiger partial charge < -0.3 is 19.7 Å². The highest BCUT2D eigenvalue weighted by molar-refractivity contribution is 5.81. The van der Waals surface area contributed by atoms with Crippen LogP contribution in [0.15, 0.2) is 54.6 Å². The smallest absolute Gasteiger partial charge is 0.412 e. The molecule has 1 unspecified atom stereocenters. The molecular weight excluding hydrogens is 380 g/mol. The number of rotatable bonds is 6. The monoisotopic (exact) mass is 410 g/mol. The molecule has 1 aliphatic heterocycles. The Bertz CT molecular complexity index is 828. The van der Waals surface area contributed by atoms with Crippen LogP contribution in [0.5, 0.6) is 11.5 Å². The van der Waals surface area contributed by atoms with Crippen LogP contribution in [0.3, 0.4) is 0 Å². The lowest BCUT2D eigenvalue weighted by Crippen LogP contribution is -2.50. The van der Waals surface area contributed by atoms with Crippen molar-refractivity contribution >= 4 is 12.0 Å². The van der Waals surface area contributed by atoms with Crippen LogP contribution in [-0.2, 0) is 4.79 Å². The third-order valence-corrected chi connectivity index (χ3v) is 5.29. The Kier molecular flexibility index (Phi) is 7.33. The summed E-state index contributed by atoms with van der Waals surface area (Å²) in [5.41, 5.74) is 1.24. The van der Waals surface area contributed by atoms with Crippen LogP contribution in [0, 0.1) is 0 Å². The Morgan fingerprint density at radius 2 is 1.57 bits per heavy atom. The first-order valence-electron chi connectivity index (χ1n) is 10.5. The highest BCUT2D eigenvalue weighted by Crippen LogP contribution is 2.20. The van der Waals surface area contributed by atoms with E-state index < -0.39 is 12.2 Å². The summed E-state index contributed by atoms with van der Waals surface area (Å²) in [4.78, 5) is 26.6. The molecule has 0 aliphatic carbocycles. The number of carbonyl (C=O) groups excluding carboxylic acids is 2. The summed E-state index contributed by atoms with van der Waals surface area (Å²) in [6.45, 7) is 7.22. The van der Waals surface area contributed by atoms with E-state index in [1.54, 1.807) is 24.0 Å². The molecule has 6 nitrogen and oxygen atoms in total. The molecule has 0 saturated carbocycles. The van der Waals surface area contributed by atoms with E-state index >= 15 is 0 Å². The van der Waals surface area contributed by atoms with Gasteiger partial charge in [-0.3, -0.25) is 4.79 Å². The minimum Gasteiger partial charge on any atom is -0.481 e. The lowest BCUT2D eigenvalue weighted by molar-refractivity contribution is -0.139. The zero-order valence-corrected chi connectivity index (χ0v) is 17.8. The second kappa shape index (κ2) is 10.1. The van der Waals surface area contributed by atoms with Crippen LogP contribution < -0.4 is 14.8 Å². The maximum atomic E-state index is 12.7. The van der Waals surface area contributed by atoms with Crippen molar-refractivity contribution in [1.82, 2.24) is 10.2 Å². The molecule has 1 heterocycles. The van der Waals surface area contributed by atoms with E-state index in [0.29, 0.717) is 43.3 Å². The van der Waals surface area contributed by atoms with Crippen molar-refractivity contribution in [3.63, 3.8) is 0 Å². The van der Waals surface area contributed by atoms with Crippen LogP contribution in [0.4, 0.5) is 4.79 Å². The summed E-state index contributed by atoms with van der Waals surface area (Å²) < 4.78 is 11.1. The van der Waals surface area contributed by atoms with Gasteiger partial charge in [0.15, 0.2) is 6.10 Å². The first-order valence-corrected chi connectivity index (χ1v) is 10.5. The zero-order valence-electron chi connectivity index (χ0n) is 17.8. The average Bonchev–Trinajstić information content (AvgIpc) is 2.74. The molecular formula is C24H30N2O4. The second-order valence-electron chi connectivity index (χ2n) is 7.93. The fourth-order valence-corrected chi connectivity index (χ4v) is 3.48. The van der Waals surface area contributed by atoms with Crippen LogP contribution >= 0.6 is 0 Å². The summed E-state index contributed by atoms with van der Waals surface area (Å²) in [5, 5.41) is 2.88. The van der Waals surface area contributed by atoms with Crippen molar-refractivity contribution in [3.05, 3.63) is 60.2 Å². The molecule has 0 spiro atoms. The molecule has 0 aromatic heterocycles. The number of likely N-dealkylation sites (tertiary alicyclic amines) is 1. The summed E-state index contributed by atoms with van der Waals surface area (Å²) in [5.74, 6) is 1.63. The van der Waals surface area contributed by atoms with Gasteiger partial charge >= 0.3 is 6.09 Å². The molecule has 2 amide bonds. The van der Waals surface area contributed by atoms with E-state index in [4.69, 9.17) is 9.47 Å². The summed E-state index contributed by atoms with van der Waals surface area (Å²) in [6, 6.07) is 16.8. The van der Waals surface area contributed by atoms with Gasteiger partial charge in [0.2, 0.25) is 0 Å². The van der Waals surface area contributed by atoms with Crippen LogP contribution in [-0.4, -0.2) is 42.1 Å². The van der Waals surface area contributed by atoms with Gasteiger partial charge in [0.1, 0.15) is 11.5 Å². The molecule has 3 rings (SSSR count). The van der Waals surface area contributed by atoms with Crippen molar-refractivity contribution in [2.75, 3.05) is 13.1 Å². The zero-order chi connectivity index (χ0) is 21.5. The van der Waals surface area contributed by atoms with Gasteiger partial charge in [0.25, 0.3) is 5.91 Å². The van der Waals surface area contributed by atoms with Gasteiger partial charge in [-0.05, 0) is 55.5 Å². The second-order valence-corrected chi connectivity index (χ2v) is 7.93. The van der Waals surface area contributed by atoms with Gasteiger partial charge in [-0.1, -0.05) is 44.2 Å². The van der Waals surface area contributed by atoms with Crippen molar-refractivity contribution < 1.29 is 19.1 Å². The summed E-state index contributed by atoms with van der Waals surface area (Å²) >= 11 is 0. The molecule has 0 radical (unpaired) electrons. The number of nitrogens with zero attached hydrogens (tertiary/aromatic N) is 1. The first-order chi connectivity index (χ1) is 14.4. The number of carbonyl (C=O) groups is 2. The van der Waals surface area contributed by atoms with E-state index in [-0.39, 0.29) is 11.9 Å². The Balaban J connectivity index is 1.43. The molecule has 1 aliphatic rings. The van der Waals surface area contributed by atoms with Crippen molar-refractivity contribution in [2.45, 2.75) is 51.7 Å². The fraction of sp³-hybridized carbons (Fsp3) is 0.417.